The molecule has 0 aliphatic carbocycles. The summed E-state index contributed by atoms with van der Waals surface area (Å²) in [5.74, 6) is 0.703. The number of hydrogen-bond donors (Lipinski definition) is 0. The molecule has 0 spiro atoms. The molecule has 0 radical (unpaired) electrons. The average Bonchev–Trinajstić information content (AvgIpc) is 2.98. The minimum Gasteiger partial charge on any atom is -0.490 e. The molecule has 1 fully saturated rings. The quantitative estimate of drug-likeness (QED) is 0.266. The van der Waals surface area contributed by atoms with Crippen LogP contribution in [0.5, 0.6) is 11.5 Å². The second kappa shape index (κ2) is 10.6. The first-order chi connectivity index (χ1) is 14.8. The van der Waals surface area contributed by atoms with Gasteiger partial charge in [0.2, 0.25) is 0 Å². The van der Waals surface area contributed by atoms with Crippen LogP contribution in [0.15, 0.2) is 52.4 Å². The number of halogens is 3. The maximum absolute atomic E-state index is 12.9. The van der Waals surface area contributed by atoms with Gasteiger partial charge in [0.25, 0.3) is 11.1 Å². The van der Waals surface area contributed by atoms with Crippen molar-refractivity contribution in [1.82, 2.24) is 4.90 Å². The third-order valence-electron chi connectivity index (χ3n) is 4.17. The molecule has 1 heterocycles. The highest BCUT2D eigenvalue weighted by molar-refractivity contribution is 9.10. The Balaban J connectivity index is 1.86. The summed E-state index contributed by atoms with van der Waals surface area (Å²) < 4.78 is 12.0. The Morgan fingerprint density at radius 2 is 1.94 bits per heavy atom. The topological polar surface area (TPSA) is 55.8 Å². The van der Waals surface area contributed by atoms with Gasteiger partial charge in [-0.25, -0.2) is 0 Å². The smallest absolute Gasteiger partial charge is 0.293 e. The molecule has 162 valence electrons. The SMILES string of the molecule is C=CCOc1c(Br)cc(/C=C2/SC(=O)N(Cc3ccc(Cl)c(Cl)c3)C2=O)cc1OCC. The van der Waals surface area contributed by atoms with Crippen LogP contribution in [0, 0.1) is 0 Å². The molecule has 2 amide bonds. The fourth-order valence-corrected chi connectivity index (χ4v) is 4.56. The normalized spacial score (nSPS) is 15.0. The third-order valence-corrected chi connectivity index (χ3v) is 6.41. The van der Waals surface area contributed by atoms with E-state index in [1.165, 1.54) is 4.90 Å². The van der Waals surface area contributed by atoms with E-state index in [2.05, 4.69) is 22.5 Å². The van der Waals surface area contributed by atoms with Crippen LogP contribution in [0.25, 0.3) is 6.08 Å². The van der Waals surface area contributed by atoms with Crippen LogP contribution < -0.4 is 9.47 Å². The number of rotatable bonds is 8. The standard InChI is InChI=1S/C22H18BrCl2NO4S/c1-3-7-30-20-15(23)8-14(10-18(20)29-4-2)11-19-21(27)26(22(28)31-19)12-13-5-6-16(24)17(25)9-13/h3,5-6,8-11H,1,4,7,12H2,2H3/b19-11+. The Hall–Kier alpha value is -1.93. The molecule has 3 rings (SSSR count). The summed E-state index contributed by atoms with van der Waals surface area (Å²) in [4.78, 5) is 26.8. The van der Waals surface area contributed by atoms with E-state index in [0.29, 0.717) is 55.3 Å². The molecule has 2 aromatic carbocycles. The van der Waals surface area contributed by atoms with Gasteiger partial charge in [0.15, 0.2) is 11.5 Å². The van der Waals surface area contributed by atoms with Crippen molar-refractivity contribution in [3.05, 3.63) is 73.5 Å². The van der Waals surface area contributed by atoms with Crippen molar-refractivity contribution >= 4 is 68.1 Å². The molecule has 5 nitrogen and oxygen atoms in total. The van der Waals surface area contributed by atoms with E-state index in [0.717, 1.165) is 11.8 Å². The predicted molar refractivity (Wildman–Crippen MR) is 129 cm³/mol. The van der Waals surface area contributed by atoms with E-state index in [4.69, 9.17) is 32.7 Å². The predicted octanol–water partition coefficient (Wildman–Crippen LogP) is 6.96. The summed E-state index contributed by atoms with van der Waals surface area (Å²) in [5.41, 5.74) is 1.41. The number of hydrogen-bond acceptors (Lipinski definition) is 5. The highest BCUT2D eigenvalue weighted by Crippen LogP contribution is 2.39. The van der Waals surface area contributed by atoms with Gasteiger partial charge in [-0.15, -0.1) is 0 Å². The number of imide groups is 1. The number of carbonyl (C=O) groups is 2. The summed E-state index contributed by atoms with van der Waals surface area (Å²) >= 11 is 16.3. The maximum atomic E-state index is 12.9. The number of thioether (sulfide) groups is 1. The number of benzene rings is 2. The molecule has 0 unspecified atom stereocenters. The molecule has 0 saturated carbocycles. The maximum Gasteiger partial charge on any atom is 0.293 e. The first kappa shape index (κ1) is 23.7. The number of ether oxygens (including phenoxy) is 2. The zero-order valence-corrected chi connectivity index (χ0v) is 20.4. The van der Waals surface area contributed by atoms with E-state index >= 15 is 0 Å². The van der Waals surface area contributed by atoms with E-state index in [9.17, 15) is 9.59 Å². The molecule has 0 N–H and O–H groups in total. The fourth-order valence-electron chi connectivity index (χ4n) is 2.82. The summed E-state index contributed by atoms with van der Waals surface area (Å²) in [7, 11) is 0. The average molecular weight is 543 g/mol. The Labute approximate surface area is 203 Å². The van der Waals surface area contributed by atoms with E-state index < -0.39 is 0 Å². The van der Waals surface area contributed by atoms with Gasteiger partial charge in [0, 0.05) is 0 Å². The molecule has 9 heteroatoms. The van der Waals surface area contributed by atoms with E-state index in [1.807, 2.05) is 6.92 Å². The molecule has 0 bridgehead atoms. The first-order valence-electron chi connectivity index (χ1n) is 9.23. The van der Waals surface area contributed by atoms with Crippen LogP contribution in [0.3, 0.4) is 0 Å². The van der Waals surface area contributed by atoms with Crippen molar-refractivity contribution in [2.24, 2.45) is 0 Å². The lowest BCUT2D eigenvalue weighted by molar-refractivity contribution is -0.123. The lowest BCUT2D eigenvalue weighted by Crippen LogP contribution is -2.27. The number of carbonyl (C=O) groups excluding carboxylic acids is 2. The summed E-state index contributed by atoms with van der Waals surface area (Å²) in [6.07, 6.45) is 3.30. The van der Waals surface area contributed by atoms with E-state index in [1.54, 1.807) is 42.5 Å². The van der Waals surface area contributed by atoms with Gasteiger partial charge >= 0.3 is 0 Å². The van der Waals surface area contributed by atoms with Crippen LogP contribution in [-0.2, 0) is 11.3 Å². The van der Waals surface area contributed by atoms with Gasteiger partial charge in [-0.1, -0.05) is 41.9 Å². The highest BCUT2D eigenvalue weighted by atomic mass is 79.9. The molecule has 1 saturated heterocycles. The lowest BCUT2D eigenvalue weighted by atomic mass is 10.1. The van der Waals surface area contributed by atoms with Gasteiger partial charge < -0.3 is 9.47 Å². The summed E-state index contributed by atoms with van der Waals surface area (Å²) in [6.45, 7) is 6.40. The van der Waals surface area contributed by atoms with Crippen molar-refractivity contribution in [3.63, 3.8) is 0 Å². The van der Waals surface area contributed by atoms with Gasteiger partial charge in [-0.3, -0.25) is 14.5 Å². The van der Waals surface area contributed by atoms with Gasteiger partial charge in [0.1, 0.15) is 6.61 Å². The van der Waals surface area contributed by atoms with Crippen LogP contribution in [0.4, 0.5) is 4.79 Å². The van der Waals surface area contributed by atoms with Crippen molar-refractivity contribution < 1.29 is 19.1 Å². The zero-order chi connectivity index (χ0) is 22.5. The van der Waals surface area contributed by atoms with Crippen molar-refractivity contribution in [2.75, 3.05) is 13.2 Å². The van der Waals surface area contributed by atoms with E-state index in [-0.39, 0.29) is 17.7 Å². The molecular weight excluding hydrogens is 525 g/mol. The third kappa shape index (κ3) is 5.66. The van der Waals surface area contributed by atoms with Crippen LogP contribution in [0.1, 0.15) is 18.1 Å². The first-order valence-corrected chi connectivity index (χ1v) is 11.6. The molecule has 1 aliphatic heterocycles. The Kier molecular flexibility index (Phi) is 8.11. The van der Waals surface area contributed by atoms with Crippen LogP contribution >= 0.6 is 50.9 Å². The zero-order valence-electron chi connectivity index (χ0n) is 16.5. The Bertz CT molecular complexity index is 1070. The molecule has 31 heavy (non-hydrogen) atoms. The van der Waals surface area contributed by atoms with Crippen molar-refractivity contribution in [2.45, 2.75) is 13.5 Å². The second-order valence-electron chi connectivity index (χ2n) is 6.38. The summed E-state index contributed by atoms with van der Waals surface area (Å²) in [5, 5.41) is 0.432. The van der Waals surface area contributed by atoms with Crippen LogP contribution in [0.2, 0.25) is 10.0 Å². The van der Waals surface area contributed by atoms with Gasteiger partial charge in [-0.2, -0.15) is 0 Å². The van der Waals surface area contributed by atoms with Gasteiger partial charge in [0.05, 0.1) is 32.6 Å². The monoisotopic (exact) mass is 541 g/mol. The largest absolute Gasteiger partial charge is 0.490 e. The second-order valence-corrected chi connectivity index (χ2v) is 9.04. The summed E-state index contributed by atoms with van der Waals surface area (Å²) in [6, 6.07) is 8.57. The van der Waals surface area contributed by atoms with Gasteiger partial charge in [-0.05, 0) is 76.1 Å². The Morgan fingerprint density at radius 3 is 2.61 bits per heavy atom. The molecule has 1 aliphatic rings. The van der Waals surface area contributed by atoms with Crippen molar-refractivity contribution in [3.8, 4) is 11.5 Å². The molecule has 0 aromatic heterocycles. The Morgan fingerprint density at radius 1 is 1.16 bits per heavy atom. The molecule has 2 aromatic rings. The number of nitrogens with zero attached hydrogens (tertiary/aromatic N) is 1. The van der Waals surface area contributed by atoms with Crippen LogP contribution in [-0.4, -0.2) is 29.3 Å². The number of amides is 2. The fraction of sp³-hybridized carbons (Fsp3) is 0.182. The minimum atomic E-state index is -0.373. The van der Waals surface area contributed by atoms with Crippen molar-refractivity contribution in [1.29, 1.82) is 0 Å². The highest BCUT2D eigenvalue weighted by Gasteiger charge is 2.35. The molecule has 0 atom stereocenters. The molecular formula is C22H18BrCl2NO4S. The minimum absolute atomic E-state index is 0.112. The lowest BCUT2D eigenvalue weighted by Gasteiger charge is -2.14.